The quantitative estimate of drug-likeness (QED) is 0.0363. The fraction of sp³-hybridized carbons (Fsp3) is 0.944. The fourth-order valence-corrected chi connectivity index (χ4v) is 8.66. The zero-order valence-corrected chi connectivity index (χ0v) is 40.2. The highest BCUT2D eigenvalue weighted by molar-refractivity contribution is 5.80. The van der Waals surface area contributed by atoms with Crippen molar-refractivity contribution in [3.8, 4) is 0 Å². The van der Waals surface area contributed by atoms with Gasteiger partial charge in [-0.05, 0) is 19.3 Å². The predicted molar refractivity (Wildman–Crippen MR) is 259 cm³/mol. The zero-order valence-electron chi connectivity index (χ0n) is 40.2. The van der Waals surface area contributed by atoms with E-state index in [2.05, 4.69) is 19.2 Å². The van der Waals surface area contributed by atoms with Crippen LogP contribution in [0.1, 0.15) is 303 Å². The van der Waals surface area contributed by atoms with Crippen LogP contribution in [-0.4, -0.2) is 46.1 Å². The maximum absolute atomic E-state index is 12.5. The van der Waals surface area contributed by atoms with Crippen molar-refractivity contribution in [2.24, 2.45) is 0 Å². The van der Waals surface area contributed by atoms with Gasteiger partial charge in [0.1, 0.15) is 6.10 Å². The highest BCUT2D eigenvalue weighted by atomic mass is 16.3. The summed E-state index contributed by atoms with van der Waals surface area (Å²) < 4.78 is 0. The summed E-state index contributed by atoms with van der Waals surface area (Å²) >= 11 is 0. The Balaban J connectivity index is 3.53. The summed E-state index contributed by atoms with van der Waals surface area (Å²) in [6.45, 7) is 4.22. The molecule has 0 saturated heterocycles. The van der Waals surface area contributed by atoms with Gasteiger partial charge in [-0.2, -0.15) is 0 Å². The molecule has 0 aromatic carbocycles. The minimum absolute atomic E-state index is 0.359. The summed E-state index contributed by atoms with van der Waals surface area (Å²) in [5, 5.41) is 33.3. The number of carbonyl (C=O) groups excluding carboxylic acids is 1. The van der Waals surface area contributed by atoms with Gasteiger partial charge in [-0.1, -0.05) is 296 Å². The molecule has 0 aromatic rings. The summed E-state index contributed by atoms with van der Waals surface area (Å²) in [6, 6.07) is -0.794. The largest absolute Gasteiger partial charge is 0.394 e. The molecule has 0 aliphatic rings. The number of rotatable bonds is 50. The Morgan fingerprint density at radius 3 is 0.932 bits per heavy atom. The molecule has 0 aliphatic heterocycles. The van der Waals surface area contributed by atoms with Crippen LogP contribution >= 0.6 is 0 Å². The minimum atomic E-state index is -1.09. The third-order valence-electron chi connectivity index (χ3n) is 12.9. The van der Waals surface area contributed by atoms with Crippen LogP contribution in [0.4, 0.5) is 0 Å². The lowest BCUT2D eigenvalue weighted by molar-refractivity contribution is -0.131. The number of hydrogen-bond acceptors (Lipinski definition) is 4. The van der Waals surface area contributed by atoms with Gasteiger partial charge in [-0.25, -0.2) is 0 Å². The Morgan fingerprint density at radius 2 is 0.661 bits per heavy atom. The molecule has 59 heavy (non-hydrogen) atoms. The molecular weight excluding hydrogens is 727 g/mol. The summed E-state index contributed by atoms with van der Waals surface area (Å²) in [6.07, 6.45) is 61.4. The van der Waals surface area contributed by atoms with E-state index in [-0.39, 0.29) is 6.61 Å². The van der Waals surface area contributed by atoms with E-state index in [1.165, 1.54) is 250 Å². The summed E-state index contributed by atoms with van der Waals surface area (Å²) in [7, 11) is 0. The third-order valence-corrected chi connectivity index (χ3v) is 12.9. The van der Waals surface area contributed by atoms with Gasteiger partial charge in [-0.15, -0.1) is 0 Å². The second-order valence-electron chi connectivity index (χ2n) is 18.8. The van der Waals surface area contributed by atoms with Crippen LogP contribution in [0.15, 0.2) is 12.2 Å². The molecular formula is C54H107NO4. The van der Waals surface area contributed by atoms with Gasteiger partial charge < -0.3 is 20.6 Å². The molecule has 3 unspecified atom stereocenters. The molecule has 0 spiro atoms. The first-order chi connectivity index (χ1) is 29.1. The second kappa shape index (κ2) is 49.7. The van der Waals surface area contributed by atoms with Gasteiger partial charge >= 0.3 is 0 Å². The molecule has 0 heterocycles. The van der Waals surface area contributed by atoms with Crippen molar-refractivity contribution >= 4 is 5.91 Å². The molecule has 3 atom stereocenters. The summed E-state index contributed by atoms with van der Waals surface area (Å²) in [5.41, 5.74) is 0. The predicted octanol–water partition coefficient (Wildman–Crippen LogP) is 16.3. The average molecular weight is 834 g/mol. The highest BCUT2D eigenvalue weighted by Crippen LogP contribution is 2.18. The first-order valence-electron chi connectivity index (χ1n) is 27.0. The molecule has 1 amide bonds. The van der Waals surface area contributed by atoms with Crippen molar-refractivity contribution in [3.05, 3.63) is 12.2 Å². The number of hydrogen-bond donors (Lipinski definition) is 4. The van der Waals surface area contributed by atoms with Crippen LogP contribution in [-0.2, 0) is 4.79 Å². The Kier molecular flexibility index (Phi) is 49.0. The van der Waals surface area contributed by atoms with Crippen molar-refractivity contribution in [2.75, 3.05) is 6.61 Å². The van der Waals surface area contributed by atoms with Gasteiger partial charge in [-0.3, -0.25) is 4.79 Å². The van der Waals surface area contributed by atoms with Crippen molar-refractivity contribution < 1.29 is 20.1 Å². The Morgan fingerprint density at radius 1 is 0.407 bits per heavy atom. The normalized spacial score (nSPS) is 13.4. The number of nitrogens with one attached hydrogen (secondary N) is 1. The van der Waals surface area contributed by atoms with E-state index < -0.39 is 24.2 Å². The van der Waals surface area contributed by atoms with Gasteiger partial charge in [0, 0.05) is 0 Å². The van der Waals surface area contributed by atoms with Gasteiger partial charge in [0.05, 0.1) is 18.8 Å². The van der Waals surface area contributed by atoms with Crippen molar-refractivity contribution in [1.29, 1.82) is 0 Å². The number of carbonyl (C=O) groups is 1. The Bertz CT molecular complexity index is 833. The molecule has 352 valence electrons. The maximum Gasteiger partial charge on any atom is 0.249 e. The molecule has 4 N–H and O–H groups in total. The molecule has 0 bridgehead atoms. The van der Waals surface area contributed by atoms with Gasteiger partial charge in [0.25, 0.3) is 0 Å². The Labute approximate surface area is 369 Å². The monoisotopic (exact) mass is 834 g/mol. The smallest absolute Gasteiger partial charge is 0.249 e. The standard InChI is InChI=1S/C54H107NO4/c1-3-5-7-9-11-13-15-17-19-21-23-24-25-26-27-28-29-30-31-33-35-37-39-41-43-45-47-49-53(58)54(59)55-51(50-56)52(57)48-46-44-42-40-38-36-34-32-22-20-18-16-14-12-10-8-6-4-2/h46,48,51-53,56-58H,3-45,47,49-50H2,1-2H3,(H,55,59)/b48-46+. The van der Waals surface area contributed by atoms with Crippen molar-refractivity contribution in [3.63, 3.8) is 0 Å². The lowest BCUT2D eigenvalue weighted by Gasteiger charge is -2.21. The SMILES string of the molecule is CCCCCCCCCCCCCCCCCC/C=C/C(O)C(CO)NC(=O)C(O)CCCCCCCCCCCCCCCCCCCCCCCCCCCCC. The lowest BCUT2D eigenvalue weighted by atomic mass is 10.0. The number of unbranched alkanes of at least 4 members (excludes halogenated alkanes) is 42. The molecule has 0 fully saturated rings. The van der Waals surface area contributed by atoms with Crippen LogP contribution in [0.3, 0.4) is 0 Å². The van der Waals surface area contributed by atoms with Crippen LogP contribution in [0.2, 0.25) is 0 Å². The zero-order chi connectivity index (χ0) is 43.0. The van der Waals surface area contributed by atoms with Crippen LogP contribution < -0.4 is 5.32 Å². The van der Waals surface area contributed by atoms with Crippen LogP contribution in [0.25, 0.3) is 0 Å². The van der Waals surface area contributed by atoms with E-state index in [1.807, 2.05) is 6.08 Å². The summed E-state index contributed by atoms with van der Waals surface area (Å²) in [4.78, 5) is 12.5. The minimum Gasteiger partial charge on any atom is -0.394 e. The highest BCUT2D eigenvalue weighted by Gasteiger charge is 2.22. The first-order valence-corrected chi connectivity index (χ1v) is 27.0. The molecule has 0 rings (SSSR count). The first kappa shape index (κ1) is 58.1. The number of aliphatic hydroxyl groups is 3. The average Bonchev–Trinajstić information content (AvgIpc) is 3.24. The molecule has 0 saturated carbocycles. The maximum atomic E-state index is 12.5. The van der Waals surface area contributed by atoms with Crippen LogP contribution in [0.5, 0.6) is 0 Å². The molecule has 0 aliphatic carbocycles. The van der Waals surface area contributed by atoms with Gasteiger partial charge in [0.15, 0.2) is 0 Å². The number of aliphatic hydroxyl groups excluding tert-OH is 3. The van der Waals surface area contributed by atoms with E-state index in [0.717, 1.165) is 32.1 Å². The van der Waals surface area contributed by atoms with Crippen molar-refractivity contribution in [2.45, 2.75) is 321 Å². The second-order valence-corrected chi connectivity index (χ2v) is 18.8. The fourth-order valence-electron chi connectivity index (χ4n) is 8.66. The third kappa shape index (κ3) is 44.9. The van der Waals surface area contributed by atoms with E-state index in [9.17, 15) is 20.1 Å². The van der Waals surface area contributed by atoms with Crippen LogP contribution in [0, 0.1) is 0 Å². The molecule has 5 nitrogen and oxygen atoms in total. The number of amides is 1. The van der Waals surface area contributed by atoms with E-state index in [0.29, 0.717) is 6.42 Å². The Hall–Kier alpha value is -0.910. The molecule has 0 radical (unpaired) electrons. The van der Waals surface area contributed by atoms with E-state index in [4.69, 9.17) is 0 Å². The molecule has 0 aromatic heterocycles. The van der Waals surface area contributed by atoms with Gasteiger partial charge in [0.2, 0.25) is 5.91 Å². The topological polar surface area (TPSA) is 89.8 Å². The number of allylic oxidation sites excluding steroid dienone is 1. The van der Waals surface area contributed by atoms with Crippen molar-refractivity contribution in [1.82, 2.24) is 5.32 Å². The lowest BCUT2D eigenvalue weighted by Crippen LogP contribution is -2.48. The van der Waals surface area contributed by atoms with E-state index >= 15 is 0 Å². The van der Waals surface area contributed by atoms with E-state index in [1.54, 1.807) is 6.08 Å². The summed E-state index contributed by atoms with van der Waals surface area (Å²) in [5.74, 6) is -0.496. The molecule has 5 heteroatoms.